The van der Waals surface area contributed by atoms with Crippen molar-refractivity contribution in [2.75, 3.05) is 52.5 Å². The number of nitrogens with one attached hydrogen (secondary N) is 1. The van der Waals surface area contributed by atoms with E-state index in [1.807, 2.05) is 6.92 Å². The fourth-order valence-electron chi connectivity index (χ4n) is 4.04. The minimum atomic E-state index is -0.0591. The number of morpholine rings is 1. The molecule has 174 valence electrons. The molecule has 2 heterocycles. The number of ether oxygens (including phenoxy) is 2. The number of esters is 1. The Morgan fingerprint density at radius 1 is 1.13 bits per heavy atom. The highest BCUT2D eigenvalue weighted by Crippen LogP contribution is 2.19. The van der Waals surface area contributed by atoms with Crippen LogP contribution in [0, 0.1) is 5.92 Å². The molecule has 0 radical (unpaired) electrons. The van der Waals surface area contributed by atoms with Crippen LogP contribution in [0.1, 0.15) is 37.8 Å². The van der Waals surface area contributed by atoms with E-state index >= 15 is 0 Å². The van der Waals surface area contributed by atoms with Gasteiger partial charge in [0.2, 0.25) is 0 Å². The van der Waals surface area contributed by atoms with Crippen molar-refractivity contribution in [3.05, 3.63) is 35.4 Å². The van der Waals surface area contributed by atoms with Gasteiger partial charge in [-0.25, -0.2) is 4.99 Å². The van der Waals surface area contributed by atoms with Gasteiger partial charge in [-0.05, 0) is 37.8 Å². The van der Waals surface area contributed by atoms with Crippen LogP contribution >= 0.6 is 24.0 Å². The highest BCUT2D eigenvalue weighted by Gasteiger charge is 2.27. The van der Waals surface area contributed by atoms with Gasteiger partial charge in [-0.2, -0.15) is 0 Å². The average Bonchev–Trinajstić information content (AvgIpc) is 2.78. The van der Waals surface area contributed by atoms with Gasteiger partial charge in [-0.1, -0.05) is 24.3 Å². The van der Waals surface area contributed by atoms with Crippen molar-refractivity contribution in [1.29, 1.82) is 0 Å². The lowest BCUT2D eigenvalue weighted by Gasteiger charge is -2.33. The van der Waals surface area contributed by atoms with E-state index in [9.17, 15) is 4.79 Å². The number of likely N-dealkylation sites (tertiary alicyclic amines) is 1. The van der Waals surface area contributed by atoms with Crippen molar-refractivity contribution in [1.82, 2.24) is 15.1 Å². The lowest BCUT2D eigenvalue weighted by Crippen LogP contribution is -2.46. The summed E-state index contributed by atoms with van der Waals surface area (Å²) in [5.41, 5.74) is 2.60. The molecule has 1 aromatic rings. The summed E-state index contributed by atoms with van der Waals surface area (Å²) >= 11 is 0. The molecule has 0 amide bonds. The molecule has 0 atom stereocenters. The summed E-state index contributed by atoms with van der Waals surface area (Å²) in [5, 5.41) is 3.43. The minimum Gasteiger partial charge on any atom is -0.466 e. The molecule has 8 heteroatoms. The maximum absolute atomic E-state index is 12.0. The number of benzene rings is 1. The Morgan fingerprint density at radius 2 is 1.81 bits per heavy atom. The maximum atomic E-state index is 12.0. The predicted molar refractivity (Wildman–Crippen MR) is 134 cm³/mol. The first-order valence-corrected chi connectivity index (χ1v) is 11.3. The van der Waals surface area contributed by atoms with E-state index in [-0.39, 0.29) is 35.9 Å². The summed E-state index contributed by atoms with van der Waals surface area (Å²) in [6, 6.07) is 8.58. The molecule has 2 saturated heterocycles. The second-order valence-corrected chi connectivity index (χ2v) is 7.84. The van der Waals surface area contributed by atoms with Gasteiger partial charge in [0.1, 0.15) is 0 Å². The number of nitrogens with zero attached hydrogens (tertiary/aromatic N) is 3. The van der Waals surface area contributed by atoms with Crippen LogP contribution in [0.25, 0.3) is 0 Å². The van der Waals surface area contributed by atoms with E-state index in [1.165, 1.54) is 11.1 Å². The summed E-state index contributed by atoms with van der Waals surface area (Å²) in [6.45, 7) is 12.1. The van der Waals surface area contributed by atoms with Crippen molar-refractivity contribution in [2.45, 2.75) is 39.8 Å². The fraction of sp³-hybridized carbons (Fsp3) is 0.652. The largest absolute Gasteiger partial charge is 0.466 e. The molecule has 7 nitrogen and oxygen atoms in total. The average molecular weight is 544 g/mol. The third-order valence-electron chi connectivity index (χ3n) is 5.76. The van der Waals surface area contributed by atoms with Gasteiger partial charge < -0.3 is 19.7 Å². The third-order valence-corrected chi connectivity index (χ3v) is 5.76. The molecule has 2 aliphatic rings. The predicted octanol–water partition coefficient (Wildman–Crippen LogP) is 2.88. The van der Waals surface area contributed by atoms with Crippen molar-refractivity contribution in [2.24, 2.45) is 10.9 Å². The van der Waals surface area contributed by atoms with Gasteiger partial charge in [0, 0.05) is 39.3 Å². The summed E-state index contributed by atoms with van der Waals surface area (Å²) in [4.78, 5) is 21.7. The van der Waals surface area contributed by atoms with Gasteiger partial charge in [0.15, 0.2) is 5.96 Å². The lowest BCUT2D eigenvalue weighted by atomic mass is 9.97. The summed E-state index contributed by atoms with van der Waals surface area (Å²) in [6.07, 6.45) is 1.63. The van der Waals surface area contributed by atoms with Gasteiger partial charge in [-0.3, -0.25) is 9.69 Å². The number of piperidine rings is 1. The smallest absolute Gasteiger partial charge is 0.309 e. The van der Waals surface area contributed by atoms with Gasteiger partial charge in [0.25, 0.3) is 0 Å². The highest BCUT2D eigenvalue weighted by molar-refractivity contribution is 14.0. The number of carbonyl (C=O) groups excluding carboxylic acids is 1. The quantitative estimate of drug-likeness (QED) is 0.247. The number of rotatable bonds is 7. The monoisotopic (exact) mass is 544 g/mol. The zero-order valence-corrected chi connectivity index (χ0v) is 21.2. The fourth-order valence-corrected chi connectivity index (χ4v) is 4.04. The number of hydrogen-bond acceptors (Lipinski definition) is 5. The van der Waals surface area contributed by atoms with Crippen LogP contribution < -0.4 is 5.32 Å². The van der Waals surface area contributed by atoms with Crippen LogP contribution in [0.4, 0.5) is 0 Å². The lowest BCUT2D eigenvalue weighted by molar-refractivity contribution is -0.149. The first-order chi connectivity index (χ1) is 14.7. The number of hydrogen-bond donors (Lipinski definition) is 1. The Morgan fingerprint density at radius 3 is 2.45 bits per heavy atom. The Balaban J connectivity index is 0.00000341. The first kappa shape index (κ1) is 25.9. The van der Waals surface area contributed by atoms with E-state index in [0.29, 0.717) is 13.2 Å². The van der Waals surface area contributed by atoms with Crippen LogP contribution in [-0.2, 0) is 27.4 Å². The van der Waals surface area contributed by atoms with Gasteiger partial charge in [0.05, 0.1) is 32.3 Å². The van der Waals surface area contributed by atoms with Crippen molar-refractivity contribution >= 4 is 35.9 Å². The Kier molecular flexibility index (Phi) is 11.6. The first-order valence-electron chi connectivity index (χ1n) is 11.3. The molecule has 1 aromatic carbocycles. The molecule has 0 aliphatic carbocycles. The van der Waals surface area contributed by atoms with Crippen LogP contribution in [0.2, 0.25) is 0 Å². The third kappa shape index (κ3) is 7.91. The molecule has 31 heavy (non-hydrogen) atoms. The van der Waals surface area contributed by atoms with Gasteiger partial charge >= 0.3 is 5.97 Å². The molecule has 0 saturated carbocycles. The Labute approximate surface area is 203 Å². The number of aliphatic imine (C=N–C) groups is 1. The highest BCUT2D eigenvalue weighted by atomic mass is 127. The van der Waals surface area contributed by atoms with E-state index in [2.05, 4.69) is 46.3 Å². The van der Waals surface area contributed by atoms with E-state index in [0.717, 1.165) is 71.3 Å². The van der Waals surface area contributed by atoms with Crippen molar-refractivity contribution in [3.63, 3.8) is 0 Å². The van der Waals surface area contributed by atoms with Crippen LogP contribution in [0.3, 0.4) is 0 Å². The molecular formula is C23H37IN4O3. The SMILES string of the molecule is CCNC(=NCc1ccccc1CN1CCOCC1)N1CCC(C(=O)OCC)CC1.I. The Hall–Kier alpha value is -1.39. The molecule has 3 rings (SSSR count). The molecular weight excluding hydrogens is 507 g/mol. The molecule has 2 fully saturated rings. The summed E-state index contributed by atoms with van der Waals surface area (Å²) < 4.78 is 10.7. The zero-order chi connectivity index (χ0) is 21.2. The number of carbonyl (C=O) groups is 1. The summed E-state index contributed by atoms with van der Waals surface area (Å²) in [5.74, 6) is 0.885. The topological polar surface area (TPSA) is 66.4 Å². The van der Waals surface area contributed by atoms with Crippen molar-refractivity contribution in [3.8, 4) is 0 Å². The normalized spacial score (nSPS) is 18.4. The van der Waals surface area contributed by atoms with Crippen LogP contribution in [0.15, 0.2) is 29.3 Å². The zero-order valence-electron chi connectivity index (χ0n) is 18.8. The second-order valence-electron chi connectivity index (χ2n) is 7.84. The van der Waals surface area contributed by atoms with E-state index in [4.69, 9.17) is 14.5 Å². The minimum absolute atomic E-state index is 0. The molecule has 0 aromatic heterocycles. The molecule has 0 bridgehead atoms. The standard InChI is InChI=1S/C23H36N4O3.HI/c1-3-24-23(27-11-9-19(10-12-27)22(28)30-4-2)25-17-20-7-5-6-8-21(20)18-26-13-15-29-16-14-26;/h5-8,19H,3-4,9-18H2,1-2H3,(H,24,25);1H. The Bertz CT molecular complexity index is 702. The molecule has 0 spiro atoms. The van der Waals surface area contributed by atoms with Crippen LogP contribution in [-0.4, -0.2) is 74.3 Å². The van der Waals surface area contributed by atoms with E-state index in [1.54, 1.807) is 0 Å². The second kappa shape index (κ2) is 13.9. The number of guanidine groups is 1. The summed E-state index contributed by atoms with van der Waals surface area (Å²) in [7, 11) is 0. The molecule has 2 aliphatic heterocycles. The molecule has 0 unspecified atom stereocenters. The van der Waals surface area contributed by atoms with Crippen LogP contribution in [0.5, 0.6) is 0 Å². The van der Waals surface area contributed by atoms with Crippen molar-refractivity contribution < 1.29 is 14.3 Å². The maximum Gasteiger partial charge on any atom is 0.309 e. The van der Waals surface area contributed by atoms with Gasteiger partial charge in [-0.15, -0.1) is 24.0 Å². The van der Waals surface area contributed by atoms with E-state index < -0.39 is 0 Å². The molecule has 1 N–H and O–H groups in total. The number of halogens is 1.